The quantitative estimate of drug-likeness (QED) is 0.893. The van der Waals surface area contributed by atoms with Crippen LogP contribution in [0, 0.1) is 11.3 Å². The van der Waals surface area contributed by atoms with Gasteiger partial charge in [0.25, 0.3) is 0 Å². The standard InChI is InChI=1S/C17H28N2/c1-17(2,3)15-10-11-19(12-15)13-16(18-4)14-8-6-5-7-9-14/h5-9,15-16,18H,10-13H2,1-4H3. The Morgan fingerprint density at radius 1 is 1.26 bits per heavy atom. The maximum absolute atomic E-state index is 3.46. The van der Waals surface area contributed by atoms with E-state index in [0.717, 1.165) is 12.5 Å². The van der Waals surface area contributed by atoms with Crippen LogP contribution >= 0.6 is 0 Å². The lowest BCUT2D eigenvalue weighted by Gasteiger charge is -2.28. The predicted octanol–water partition coefficient (Wildman–Crippen LogP) is 3.32. The van der Waals surface area contributed by atoms with Crippen LogP contribution in [0.5, 0.6) is 0 Å². The van der Waals surface area contributed by atoms with Gasteiger partial charge < -0.3 is 10.2 Å². The second-order valence-electron chi connectivity index (χ2n) is 6.86. The van der Waals surface area contributed by atoms with Crippen LogP contribution in [-0.4, -0.2) is 31.6 Å². The fourth-order valence-corrected chi connectivity index (χ4v) is 3.01. The molecule has 0 spiro atoms. The third kappa shape index (κ3) is 3.80. The van der Waals surface area contributed by atoms with Gasteiger partial charge in [0.15, 0.2) is 0 Å². The van der Waals surface area contributed by atoms with Crippen molar-refractivity contribution in [3.63, 3.8) is 0 Å². The van der Waals surface area contributed by atoms with Crippen molar-refractivity contribution in [3.8, 4) is 0 Å². The number of likely N-dealkylation sites (N-methyl/N-ethyl adjacent to an activating group) is 1. The van der Waals surface area contributed by atoms with E-state index >= 15 is 0 Å². The van der Waals surface area contributed by atoms with Crippen molar-refractivity contribution in [1.29, 1.82) is 0 Å². The highest BCUT2D eigenvalue weighted by Crippen LogP contribution is 2.34. The van der Waals surface area contributed by atoms with Gasteiger partial charge in [0.05, 0.1) is 0 Å². The van der Waals surface area contributed by atoms with Gasteiger partial charge in [0.2, 0.25) is 0 Å². The fourth-order valence-electron chi connectivity index (χ4n) is 3.01. The summed E-state index contributed by atoms with van der Waals surface area (Å²) in [5.74, 6) is 0.834. The molecule has 2 heteroatoms. The van der Waals surface area contributed by atoms with Crippen molar-refractivity contribution in [2.45, 2.75) is 33.2 Å². The molecule has 1 aromatic carbocycles. The molecule has 1 fully saturated rings. The van der Waals surface area contributed by atoms with Crippen LogP contribution in [0.15, 0.2) is 30.3 Å². The Bertz CT molecular complexity index is 380. The summed E-state index contributed by atoms with van der Waals surface area (Å²) in [6.45, 7) is 10.7. The Morgan fingerprint density at radius 3 is 2.47 bits per heavy atom. The van der Waals surface area contributed by atoms with E-state index in [1.807, 2.05) is 0 Å². The van der Waals surface area contributed by atoms with Crippen LogP contribution in [0.2, 0.25) is 0 Å². The first kappa shape index (κ1) is 14.5. The molecule has 19 heavy (non-hydrogen) atoms. The van der Waals surface area contributed by atoms with E-state index in [1.165, 1.54) is 25.1 Å². The Morgan fingerprint density at radius 2 is 1.95 bits per heavy atom. The second kappa shape index (κ2) is 6.06. The highest BCUT2D eigenvalue weighted by Gasteiger charge is 2.32. The molecule has 1 N–H and O–H groups in total. The van der Waals surface area contributed by atoms with Crippen molar-refractivity contribution in [2.24, 2.45) is 11.3 Å². The van der Waals surface area contributed by atoms with E-state index in [0.29, 0.717) is 11.5 Å². The molecular formula is C17H28N2. The average molecular weight is 260 g/mol. The van der Waals surface area contributed by atoms with E-state index in [4.69, 9.17) is 0 Å². The first-order valence-corrected chi connectivity index (χ1v) is 7.45. The van der Waals surface area contributed by atoms with Crippen LogP contribution in [0.3, 0.4) is 0 Å². The van der Waals surface area contributed by atoms with E-state index in [2.05, 4.69) is 68.4 Å². The van der Waals surface area contributed by atoms with Crippen LogP contribution in [0.4, 0.5) is 0 Å². The zero-order valence-corrected chi connectivity index (χ0v) is 12.8. The van der Waals surface area contributed by atoms with Gasteiger partial charge in [-0.2, -0.15) is 0 Å². The minimum atomic E-state index is 0.441. The lowest BCUT2D eigenvalue weighted by atomic mass is 9.80. The lowest BCUT2D eigenvalue weighted by Crippen LogP contribution is -2.33. The van der Waals surface area contributed by atoms with E-state index in [9.17, 15) is 0 Å². The highest BCUT2D eigenvalue weighted by molar-refractivity contribution is 5.19. The summed E-state index contributed by atoms with van der Waals surface area (Å²) >= 11 is 0. The summed E-state index contributed by atoms with van der Waals surface area (Å²) in [6, 6.07) is 11.2. The van der Waals surface area contributed by atoms with Gasteiger partial charge in [-0.15, -0.1) is 0 Å². The first-order valence-electron chi connectivity index (χ1n) is 7.45. The number of likely N-dealkylation sites (tertiary alicyclic amines) is 1. The smallest absolute Gasteiger partial charge is 0.0446 e. The van der Waals surface area contributed by atoms with Crippen LogP contribution in [-0.2, 0) is 0 Å². The number of nitrogens with zero attached hydrogens (tertiary/aromatic N) is 1. The van der Waals surface area contributed by atoms with Gasteiger partial charge in [0, 0.05) is 19.1 Å². The molecule has 2 nitrogen and oxygen atoms in total. The van der Waals surface area contributed by atoms with Crippen LogP contribution < -0.4 is 5.32 Å². The maximum atomic E-state index is 3.46. The van der Waals surface area contributed by atoms with Gasteiger partial charge in [-0.1, -0.05) is 51.1 Å². The van der Waals surface area contributed by atoms with Gasteiger partial charge in [-0.05, 0) is 36.9 Å². The molecule has 0 aromatic heterocycles. The maximum Gasteiger partial charge on any atom is 0.0446 e. The van der Waals surface area contributed by atoms with Gasteiger partial charge in [-0.25, -0.2) is 0 Å². The molecule has 2 atom stereocenters. The highest BCUT2D eigenvalue weighted by atomic mass is 15.2. The number of hydrogen-bond donors (Lipinski definition) is 1. The summed E-state index contributed by atoms with van der Waals surface area (Å²) in [5, 5.41) is 3.46. The molecular weight excluding hydrogens is 232 g/mol. The minimum absolute atomic E-state index is 0.441. The van der Waals surface area contributed by atoms with Crippen LogP contribution in [0.25, 0.3) is 0 Å². The summed E-state index contributed by atoms with van der Waals surface area (Å²) < 4.78 is 0. The molecule has 1 aromatic rings. The molecule has 1 aliphatic rings. The molecule has 1 heterocycles. The zero-order valence-electron chi connectivity index (χ0n) is 12.8. The second-order valence-corrected chi connectivity index (χ2v) is 6.86. The molecule has 1 saturated heterocycles. The minimum Gasteiger partial charge on any atom is -0.312 e. The normalized spacial score (nSPS) is 22.6. The Kier molecular flexibility index (Phi) is 4.64. The fraction of sp³-hybridized carbons (Fsp3) is 0.647. The molecule has 0 amide bonds. The molecule has 1 aliphatic heterocycles. The van der Waals surface area contributed by atoms with E-state index in [-0.39, 0.29) is 0 Å². The van der Waals surface area contributed by atoms with Gasteiger partial charge in [0.1, 0.15) is 0 Å². The summed E-state index contributed by atoms with van der Waals surface area (Å²) in [7, 11) is 2.06. The third-order valence-electron chi connectivity index (χ3n) is 4.49. The number of benzene rings is 1. The number of rotatable bonds is 4. The monoisotopic (exact) mass is 260 g/mol. The molecule has 0 saturated carbocycles. The number of hydrogen-bond acceptors (Lipinski definition) is 2. The van der Waals surface area contributed by atoms with Crippen molar-refractivity contribution >= 4 is 0 Å². The van der Waals surface area contributed by atoms with Gasteiger partial charge >= 0.3 is 0 Å². The van der Waals surface area contributed by atoms with E-state index in [1.54, 1.807) is 0 Å². The molecule has 0 radical (unpaired) electrons. The summed E-state index contributed by atoms with van der Waals surface area (Å²) in [4.78, 5) is 2.62. The molecule has 106 valence electrons. The average Bonchev–Trinajstić information content (AvgIpc) is 2.85. The topological polar surface area (TPSA) is 15.3 Å². The Labute approximate surface area is 118 Å². The SMILES string of the molecule is CNC(CN1CCC(C(C)(C)C)C1)c1ccccc1. The Hall–Kier alpha value is -0.860. The largest absolute Gasteiger partial charge is 0.312 e. The van der Waals surface area contributed by atoms with Crippen molar-refractivity contribution in [1.82, 2.24) is 10.2 Å². The van der Waals surface area contributed by atoms with Crippen molar-refractivity contribution < 1.29 is 0 Å². The van der Waals surface area contributed by atoms with Gasteiger partial charge in [-0.3, -0.25) is 0 Å². The summed E-state index contributed by atoms with van der Waals surface area (Å²) in [5.41, 5.74) is 1.83. The molecule has 0 aliphatic carbocycles. The summed E-state index contributed by atoms with van der Waals surface area (Å²) in [6.07, 6.45) is 1.34. The first-order chi connectivity index (χ1) is 9.00. The molecule has 0 bridgehead atoms. The molecule has 2 rings (SSSR count). The number of nitrogens with one attached hydrogen (secondary N) is 1. The molecule has 2 unspecified atom stereocenters. The Balaban J connectivity index is 1.94. The lowest BCUT2D eigenvalue weighted by molar-refractivity contribution is 0.221. The van der Waals surface area contributed by atoms with Crippen LogP contribution in [0.1, 0.15) is 38.8 Å². The van der Waals surface area contributed by atoms with Crippen molar-refractivity contribution in [3.05, 3.63) is 35.9 Å². The zero-order chi connectivity index (χ0) is 13.9. The van der Waals surface area contributed by atoms with Crippen molar-refractivity contribution in [2.75, 3.05) is 26.7 Å². The van der Waals surface area contributed by atoms with E-state index < -0.39 is 0 Å². The third-order valence-corrected chi connectivity index (χ3v) is 4.49. The predicted molar refractivity (Wildman–Crippen MR) is 82.2 cm³/mol.